The molecule has 0 bridgehead atoms. The second-order valence-corrected chi connectivity index (χ2v) is 6.24. The number of aryl methyl sites for hydroxylation is 2. The van der Waals surface area contributed by atoms with Gasteiger partial charge in [0.05, 0.1) is 0 Å². The van der Waals surface area contributed by atoms with Crippen LogP contribution >= 0.6 is 15.9 Å². The Morgan fingerprint density at radius 3 is 2.38 bits per heavy atom. The third-order valence-corrected chi connectivity index (χ3v) is 4.80. The molecule has 0 spiro atoms. The second kappa shape index (κ2) is 5.64. The van der Waals surface area contributed by atoms with Crippen molar-refractivity contribution in [2.45, 2.75) is 32.6 Å². The number of nitrogens with one attached hydrogen (secondary N) is 1. The van der Waals surface area contributed by atoms with Crippen molar-refractivity contribution in [3.63, 3.8) is 0 Å². The first-order valence-electron chi connectivity index (χ1n) is 7.08. The van der Waals surface area contributed by atoms with E-state index in [1.54, 1.807) is 0 Å². The number of anilines is 1. The van der Waals surface area contributed by atoms with Gasteiger partial charge in [-0.05, 0) is 49.9 Å². The monoisotopic (exact) mass is 347 g/mol. The van der Waals surface area contributed by atoms with E-state index in [0.717, 1.165) is 33.0 Å². The molecule has 3 rings (SSSR count). The van der Waals surface area contributed by atoms with Crippen molar-refractivity contribution >= 4 is 21.7 Å². The molecule has 0 unspecified atom stereocenters. The number of rotatable bonds is 4. The summed E-state index contributed by atoms with van der Waals surface area (Å²) in [5.74, 6) is 3.57. The minimum absolute atomic E-state index is 0.494. The molecular weight excluding hydrogens is 330 g/mol. The van der Waals surface area contributed by atoms with E-state index >= 15 is 0 Å². The third kappa shape index (κ3) is 3.18. The summed E-state index contributed by atoms with van der Waals surface area (Å²) < 4.78 is 7.06. The Balaban J connectivity index is 1.92. The Morgan fingerprint density at radius 1 is 1.14 bits per heavy atom. The predicted octanol–water partition coefficient (Wildman–Crippen LogP) is 4.57. The van der Waals surface area contributed by atoms with Crippen LogP contribution in [0.3, 0.4) is 0 Å². The molecule has 1 aromatic carbocycles. The molecule has 2 aromatic rings. The standard InChI is InChI=1S/C16H18BrN3O/c1-9-6-12(7-10(2)15(9)17)21-14-8-13(18-3)19-16(20-14)11-4-5-11/h6-8,11H,4-5H2,1-3H3,(H,18,19,20). The molecule has 1 saturated carbocycles. The molecule has 0 saturated heterocycles. The van der Waals surface area contributed by atoms with Gasteiger partial charge < -0.3 is 10.1 Å². The number of halogens is 1. The number of aromatic nitrogens is 2. The van der Waals surface area contributed by atoms with Crippen molar-refractivity contribution in [1.82, 2.24) is 9.97 Å². The van der Waals surface area contributed by atoms with Crippen molar-refractivity contribution < 1.29 is 4.74 Å². The van der Waals surface area contributed by atoms with Gasteiger partial charge in [-0.25, -0.2) is 4.98 Å². The lowest BCUT2D eigenvalue weighted by Gasteiger charge is -2.11. The van der Waals surface area contributed by atoms with Gasteiger partial charge in [-0.2, -0.15) is 4.98 Å². The zero-order valence-electron chi connectivity index (χ0n) is 12.4. The van der Waals surface area contributed by atoms with Gasteiger partial charge in [0.2, 0.25) is 5.88 Å². The quantitative estimate of drug-likeness (QED) is 0.879. The van der Waals surface area contributed by atoms with Crippen molar-refractivity contribution in [3.05, 3.63) is 39.6 Å². The summed E-state index contributed by atoms with van der Waals surface area (Å²) in [6.45, 7) is 4.11. The third-order valence-electron chi connectivity index (χ3n) is 3.55. The Morgan fingerprint density at radius 2 is 1.81 bits per heavy atom. The highest BCUT2D eigenvalue weighted by Gasteiger charge is 2.27. The maximum absolute atomic E-state index is 5.94. The van der Waals surface area contributed by atoms with Crippen LogP contribution < -0.4 is 10.1 Å². The summed E-state index contributed by atoms with van der Waals surface area (Å²) in [4.78, 5) is 9.03. The van der Waals surface area contributed by atoms with Crippen LogP contribution in [0.4, 0.5) is 5.82 Å². The maximum Gasteiger partial charge on any atom is 0.224 e. The molecule has 1 aromatic heterocycles. The molecular formula is C16H18BrN3O. The molecule has 0 aliphatic heterocycles. The molecule has 0 radical (unpaired) electrons. The SMILES string of the molecule is CNc1cc(Oc2cc(C)c(Br)c(C)c2)nc(C2CC2)n1. The van der Waals surface area contributed by atoms with E-state index in [9.17, 15) is 0 Å². The second-order valence-electron chi connectivity index (χ2n) is 5.45. The van der Waals surface area contributed by atoms with E-state index in [4.69, 9.17) is 4.74 Å². The molecule has 21 heavy (non-hydrogen) atoms. The van der Waals surface area contributed by atoms with E-state index in [-0.39, 0.29) is 0 Å². The highest BCUT2D eigenvalue weighted by Crippen LogP contribution is 2.39. The fourth-order valence-corrected chi connectivity index (χ4v) is 2.46. The van der Waals surface area contributed by atoms with Crippen LogP contribution in [0.25, 0.3) is 0 Å². The largest absolute Gasteiger partial charge is 0.439 e. The molecule has 1 aliphatic rings. The van der Waals surface area contributed by atoms with Gasteiger partial charge in [0, 0.05) is 23.5 Å². The molecule has 4 nitrogen and oxygen atoms in total. The van der Waals surface area contributed by atoms with Crippen LogP contribution in [0, 0.1) is 13.8 Å². The van der Waals surface area contributed by atoms with Gasteiger partial charge in [0.15, 0.2) is 0 Å². The summed E-state index contributed by atoms with van der Waals surface area (Å²) in [5.41, 5.74) is 2.30. The van der Waals surface area contributed by atoms with Crippen molar-refractivity contribution in [1.29, 1.82) is 0 Å². The van der Waals surface area contributed by atoms with Gasteiger partial charge >= 0.3 is 0 Å². The molecule has 5 heteroatoms. The zero-order chi connectivity index (χ0) is 15.0. The molecule has 1 N–H and O–H groups in total. The van der Waals surface area contributed by atoms with Crippen molar-refractivity contribution in [2.24, 2.45) is 0 Å². The molecule has 0 amide bonds. The highest BCUT2D eigenvalue weighted by atomic mass is 79.9. The van der Waals surface area contributed by atoms with Crippen LogP contribution in [0.1, 0.15) is 35.7 Å². The summed E-state index contributed by atoms with van der Waals surface area (Å²) in [7, 11) is 1.86. The summed E-state index contributed by atoms with van der Waals surface area (Å²) in [6, 6.07) is 5.85. The average molecular weight is 348 g/mol. The Bertz CT molecular complexity index is 660. The lowest BCUT2D eigenvalue weighted by atomic mass is 10.1. The first-order chi connectivity index (χ1) is 10.1. The van der Waals surface area contributed by atoms with Crippen LogP contribution in [0.15, 0.2) is 22.7 Å². The normalized spacial score (nSPS) is 14.1. The predicted molar refractivity (Wildman–Crippen MR) is 87.2 cm³/mol. The Labute approximate surface area is 133 Å². The lowest BCUT2D eigenvalue weighted by Crippen LogP contribution is -2.01. The maximum atomic E-state index is 5.94. The molecule has 0 atom stereocenters. The topological polar surface area (TPSA) is 47.0 Å². The van der Waals surface area contributed by atoms with E-state index in [0.29, 0.717) is 11.8 Å². The van der Waals surface area contributed by atoms with Gasteiger partial charge in [-0.15, -0.1) is 0 Å². The van der Waals surface area contributed by atoms with Crippen molar-refractivity contribution in [3.8, 4) is 11.6 Å². The fourth-order valence-electron chi connectivity index (χ4n) is 2.23. The molecule has 1 heterocycles. The number of ether oxygens (including phenoxy) is 1. The van der Waals surface area contributed by atoms with Crippen LogP contribution in [0.2, 0.25) is 0 Å². The Hall–Kier alpha value is -1.62. The van der Waals surface area contributed by atoms with Crippen molar-refractivity contribution in [2.75, 3.05) is 12.4 Å². The minimum Gasteiger partial charge on any atom is -0.439 e. The van der Waals surface area contributed by atoms with Crippen LogP contribution in [0.5, 0.6) is 11.6 Å². The summed E-state index contributed by atoms with van der Waals surface area (Å²) >= 11 is 3.57. The van der Waals surface area contributed by atoms with Gasteiger partial charge in [0.1, 0.15) is 17.4 Å². The first-order valence-corrected chi connectivity index (χ1v) is 7.87. The molecule has 1 aliphatic carbocycles. The average Bonchev–Trinajstić information content (AvgIpc) is 3.29. The molecule has 1 fully saturated rings. The minimum atomic E-state index is 0.494. The fraction of sp³-hybridized carbons (Fsp3) is 0.375. The molecule has 110 valence electrons. The van der Waals surface area contributed by atoms with E-state index in [1.165, 1.54) is 12.8 Å². The number of hydrogen-bond donors (Lipinski definition) is 1. The number of benzene rings is 1. The number of hydrogen-bond acceptors (Lipinski definition) is 4. The lowest BCUT2D eigenvalue weighted by molar-refractivity contribution is 0.458. The number of nitrogens with zero attached hydrogens (tertiary/aromatic N) is 2. The van der Waals surface area contributed by atoms with Crippen LogP contribution in [-0.4, -0.2) is 17.0 Å². The smallest absolute Gasteiger partial charge is 0.224 e. The highest BCUT2D eigenvalue weighted by molar-refractivity contribution is 9.10. The van der Waals surface area contributed by atoms with Gasteiger partial charge in [0.25, 0.3) is 0 Å². The Kier molecular flexibility index (Phi) is 3.85. The van der Waals surface area contributed by atoms with Crippen LogP contribution in [-0.2, 0) is 0 Å². The zero-order valence-corrected chi connectivity index (χ0v) is 14.0. The summed E-state index contributed by atoms with van der Waals surface area (Å²) in [6.07, 6.45) is 2.34. The van der Waals surface area contributed by atoms with E-state index in [1.807, 2.05) is 25.2 Å². The summed E-state index contributed by atoms with van der Waals surface area (Å²) in [5, 5.41) is 3.07. The first kappa shape index (κ1) is 14.3. The van der Waals surface area contributed by atoms with Gasteiger partial charge in [-0.3, -0.25) is 0 Å². The van der Waals surface area contributed by atoms with E-state index < -0.39 is 0 Å². The van der Waals surface area contributed by atoms with E-state index in [2.05, 4.69) is 45.1 Å². The van der Waals surface area contributed by atoms with Gasteiger partial charge in [-0.1, -0.05) is 15.9 Å².